The van der Waals surface area contributed by atoms with Crippen LogP contribution in [0.3, 0.4) is 0 Å². The van der Waals surface area contributed by atoms with Crippen LogP contribution in [0.15, 0.2) is 57.5 Å². The molecule has 1 atom stereocenters. The lowest BCUT2D eigenvalue weighted by molar-refractivity contribution is -0.121. The molecule has 3 heterocycles. The number of ether oxygens (including phenoxy) is 1. The van der Waals surface area contributed by atoms with E-state index in [0.29, 0.717) is 48.9 Å². The number of amides is 2. The van der Waals surface area contributed by atoms with Crippen LogP contribution >= 0.6 is 15.9 Å². The van der Waals surface area contributed by atoms with Crippen molar-refractivity contribution in [2.24, 2.45) is 5.92 Å². The molecule has 9 nitrogen and oxygen atoms in total. The Morgan fingerprint density at radius 3 is 2.59 bits per heavy atom. The van der Waals surface area contributed by atoms with E-state index in [-0.39, 0.29) is 23.8 Å². The van der Waals surface area contributed by atoms with E-state index in [9.17, 15) is 9.59 Å². The summed E-state index contributed by atoms with van der Waals surface area (Å²) in [5, 5.41) is 10.0. The topological polar surface area (TPSA) is 110 Å². The molecule has 2 amide bonds. The third kappa shape index (κ3) is 6.63. The molecule has 0 aliphatic carbocycles. The zero-order valence-corrected chi connectivity index (χ0v) is 22.1. The number of carbonyl (C=O) groups excluding carboxylic acids is 2. The van der Waals surface area contributed by atoms with Crippen molar-refractivity contribution in [2.45, 2.75) is 38.3 Å². The van der Waals surface area contributed by atoms with Crippen LogP contribution in [-0.4, -0.2) is 59.2 Å². The fraction of sp³-hybridized carbons (Fsp3) is 0.407. The van der Waals surface area contributed by atoms with Crippen LogP contribution in [0.2, 0.25) is 0 Å². The van der Waals surface area contributed by atoms with Crippen LogP contribution < -0.4 is 10.6 Å². The minimum atomic E-state index is -0.205. The Kier molecular flexibility index (Phi) is 8.28. The summed E-state index contributed by atoms with van der Waals surface area (Å²) in [6.45, 7) is 3.26. The van der Waals surface area contributed by atoms with E-state index in [4.69, 9.17) is 9.26 Å². The minimum absolute atomic E-state index is 0.0608. The molecule has 2 aliphatic heterocycles. The third-order valence-electron chi connectivity index (χ3n) is 6.83. The molecule has 3 aromatic rings. The molecular weight excluding hydrogens is 538 g/mol. The van der Waals surface area contributed by atoms with Crippen molar-refractivity contribution >= 4 is 33.4 Å². The lowest BCUT2D eigenvalue weighted by Crippen LogP contribution is -2.38. The van der Waals surface area contributed by atoms with Gasteiger partial charge in [0.1, 0.15) is 0 Å². The quantitative estimate of drug-likeness (QED) is 0.418. The fourth-order valence-corrected chi connectivity index (χ4v) is 4.98. The maximum atomic E-state index is 13.0. The van der Waals surface area contributed by atoms with Gasteiger partial charge in [-0.05, 0) is 75.2 Å². The molecule has 1 aromatic heterocycles. The van der Waals surface area contributed by atoms with Gasteiger partial charge >= 0.3 is 0 Å². The number of nitrogens with one attached hydrogen (secondary N) is 2. The summed E-state index contributed by atoms with van der Waals surface area (Å²) in [5.41, 5.74) is 1.89. The number of halogens is 1. The first-order valence-corrected chi connectivity index (χ1v) is 13.4. The summed E-state index contributed by atoms with van der Waals surface area (Å²) in [4.78, 5) is 32.5. The van der Waals surface area contributed by atoms with Crippen LogP contribution in [0, 0.1) is 5.92 Å². The second-order valence-corrected chi connectivity index (χ2v) is 10.4. The van der Waals surface area contributed by atoms with Gasteiger partial charge in [-0.3, -0.25) is 14.5 Å². The number of hydrogen-bond donors (Lipinski definition) is 2. The number of para-hydroxylation sites is 1. The van der Waals surface area contributed by atoms with E-state index in [2.05, 4.69) is 41.6 Å². The van der Waals surface area contributed by atoms with Gasteiger partial charge < -0.3 is 19.9 Å². The van der Waals surface area contributed by atoms with Crippen LogP contribution in [0.4, 0.5) is 5.69 Å². The molecule has 2 saturated heterocycles. The first kappa shape index (κ1) is 25.6. The normalized spacial score (nSPS) is 18.6. The highest BCUT2D eigenvalue weighted by Gasteiger charge is 2.27. The monoisotopic (exact) mass is 567 g/mol. The zero-order valence-electron chi connectivity index (χ0n) is 20.5. The highest BCUT2D eigenvalue weighted by Crippen LogP contribution is 2.24. The average molecular weight is 568 g/mol. The van der Waals surface area contributed by atoms with E-state index < -0.39 is 0 Å². The van der Waals surface area contributed by atoms with Gasteiger partial charge in [0.2, 0.25) is 17.6 Å². The van der Waals surface area contributed by atoms with Gasteiger partial charge in [-0.15, -0.1) is 0 Å². The van der Waals surface area contributed by atoms with Gasteiger partial charge in [0.25, 0.3) is 5.91 Å². The van der Waals surface area contributed by atoms with Gasteiger partial charge in [-0.2, -0.15) is 4.98 Å². The number of anilines is 1. The molecule has 5 rings (SSSR count). The van der Waals surface area contributed by atoms with E-state index in [0.717, 1.165) is 42.6 Å². The second-order valence-electron chi connectivity index (χ2n) is 9.45. The highest BCUT2D eigenvalue weighted by molar-refractivity contribution is 9.10. The Hall–Kier alpha value is -3.08. The van der Waals surface area contributed by atoms with Crippen molar-refractivity contribution in [1.82, 2.24) is 20.4 Å². The van der Waals surface area contributed by atoms with Gasteiger partial charge in [0.15, 0.2) is 0 Å². The minimum Gasteiger partial charge on any atom is -0.376 e. The number of carbonyl (C=O) groups is 2. The first-order chi connectivity index (χ1) is 18.0. The SMILES string of the molecule is O=C(NCC1CCCO1)c1ccccc1NC(=O)C1CCN(Cc2nc(-c3ccc(Br)cc3)no2)CC1. The number of nitrogens with zero attached hydrogens (tertiary/aromatic N) is 3. The largest absolute Gasteiger partial charge is 0.376 e. The molecule has 2 fully saturated rings. The molecule has 0 radical (unpaired) electrons. The number of aromatic nitrogens is 2. The van der Waals surface area contributed by atoms with E-state index >= 15 is 0 Å². The zero-order chi connectivity index (χ0) is 25.6. The van der Waals surface area contributed by atoms with Crippen molar-refractivity contribution < 1.29 is 18.8 Å². The third-order valence-corrected chi connectivity index (χ3v) is 7.36. The van der Waals surface area contributed by atoms with Crippen molar-refractivity contribution in [3.05, 3.63) is 64.5 Å². The molecule has 194 valence electrons. The van der Waals surface area contributed by atoms with Crippen LogP contribution in [0.1, 0.15) is 41.9 Å². The van der Waals surface area contributed by atoms with Crippen molar-refractivity contribution in [3.8, 4) is 11.4 Å². The van der Waals surface area contributed by atoms with Crippen LogP contribution in [0.25, 0.3) is 11.4 Å². The molecular formula is C27H30BrN5O4. The van der Waals surface area contributed by atoms with Crippen LogP contribution in [-0.2, 0) is 16.1 Å². The number of rotatable bonds is 8. The number of benzene rings is 2. The Balaban J connectivity index is 1.11. The van der Waals surface area contributed by atoms with Gasteiger partial charge in [0, 0.05) is 29.1 Å². The molecule has 2 aromatic carbocycles. The summed E-state index contributed by atoms with van der Waals surface area (Å²) in [7, 11) is 0. The smallest absolute Gasteiger partial charge is 0.253 e. The fourth-order valence-electron chi connectivity index (χ4n) is 4.71. The number of piperidine rings is 1. The maximum Gasteiger partial charge on any atom is 0.253 e. The predicted octanol–water partition coefficient (Wildman–Crippen LogP) is 4.26. The molecule has 2 N–H and O–H groups in total. The van der Waals surface area contributed by atoms with Gasteiger partial charge in [-0.1, -0.05) is 33.2 Å². The van der Waals surface area contributed by atoms with Crippen molar-refractivity contribution in [1.29, 1.82) is 0 Å². The molecule has 10 heteroatoms. The van der Waals surface area contributed by atoms with Crippen LogP contribution in [0.5, 0.6) is 0 Å². The highest BCUT2D eigenvalue weighted by atomic mass is 79.9. The summed E-state index contributed by atoms with van der Waals surface area (Å²) in [6, 6.07) is 14.9. The summed E-state index contributed by atoms with van der Waals surface area (Å²) < 4.78 is 12.0. The number of likely N-dealkylation sites (tertiary alicyclic amines) is 1. The van der Waals surface area contributed by atoms with E-state index in [1.807, 2.05) is 30.3 Å². The Morgan fingerprint density at radius 1 is 1.05 bits per heavy atom. The molecule has 0 saturated carbocycles. The summed E-state index contributed by atoms with van der Waals surface area (Å²) in [6.07, 6.45) is 3.47. The Bertz CT molecular complexity index is 1220. The lowest BCUT2D eigenvalue weighted by atomic mass is 9.95. The molecule has 0 bridgehead atoms. The Morgan fingerprint density at radius 2 is 1.84 bits per heavy atom. The summed E-state index contributed by atoms with van der Waals surface area (Å²) >= 11 is 3.43. The van der Waals surface area contributed by atoms with Crippen molar-refractivity contribution in [2.75, 3.05) is 31.6 Å². The van der Waals surface area contributed by atoms with E-state index in [1.165, 1.54) is 0 Å². The van der Waals surface area contributed by atoms with Gasteiger partial charge in [0.05, 0.1) is 23.9 Å². The standard InChI is InChI=1S/C27H30BrN5O4/c28-20-9-7-18(8-10-20)25-31-24(37-32-25)17-33-13-11-19(12-14-33)26(34)30-23-6-2-1-5-22(23)27(35)29-16-21-4-3-15-36-21/h1-2,5-10,19,21H,3-4,11-17H2,(H,29,35)(H,30,34). The number of hydrogen-bond acceptors (Lipinski definition) is 7. The van der Waals surface area contributed by atoms with Crippen molar-refractivity contribution in [3.63, 3.8) is 0 Å². The first-order valence-electron chi connectivity index (χ1n) is 12.7. The molecule has 0 spiro atoms. The van der Waals surface area contributed by atoms with E-state index in [1.54, 1.807) is 18.2 Å². The lowest BCUT2D eigenvalue weighted by Gasteiger charge is -2.30. The molecule has 37 heavy (non-hydrogen) atoms. The second kappa shape index (κ2) is 12.0. The average Bonchev–Trinajstić information content (AvgIpc) is 3.61. The van der Waals surface area contributed by atoms with Gasteiger partial charge in [-0.25, -0.2) is 0 Å². The Labute approximate surface area is 224 Å². The molecule has 2 aliphatic rings. The summed E-state index contributed by atoms with van der Waals surface area (Å²) in [5.74, 6) is 0.733. The molecule has 1 unspecified atom stereocenters. The predicted molar refractivity (Wildman–Crippen MR) is 142 cm³/mol. The maximum absolute atomic E-state index is 13.0.